The summed E-state index contributed by atoms with van der Waals surface area (Å²) in [5, 5.41) is 12.1. The predicted molar refractivity (Wildman–Crippen MR) is 105 cm³/mol. The Morgan fingerprint density at radius 2 is 1.81 bits per heavy atom. The first-order chi connectivity index (χ1) is 12.5. The molecule has 1 aromatic heterocycles. The first kappa shape index (κ1) is 17.0. The van der Waals surface area contributed by atoms with E-state index >= 15 is 0 Å². The third kappa shape index (κ3) is 3.97. The van der Waals surface area contributed by atoms with E-state index in [-0.39, 0.29) is 5.96 Å². The summed E-state index contributed by atoms with van der Waals surface area (Å²) in [6, 6.07) is 18.8. The zero-order valence-electron chi connectivity index (χ0n) is 14.3. The Morgan fingerprint density at radius 1 is 1.08 bits per heavy atom. The molecule has 0 bridgehead atoms. The lowest BCUT2D eigenvalue weighted by atomic mass is 10.1. The molecular formula is C20H18N6. The van der Waals surface area contributed by atoms with Crippen LogP contribution in [0.2, 0.25) is 0 Å². The van der Waals surface area contributed by atoms with Gasteiger partial charge in [-0.25, -0.2) is 4.98 Å². The zero-order valence-corrected chi connectivity index (χ0v) is 14.3. The smallest absolute Gasteiger partial charge is 0.199 e. The van der Waals surface area contributed by atoms with Gasteiger partial charge in [-0.3, -0.25) is 0 Å². The number of hydrogen-bond donors (Lipinski definition) is 3. The highest BCUT2D eigenvalue weighted by atomic mass is 15.1. The van der Waals surface area contributed by atoms with Crippen LogP contribution in [-0.4, -0.2) is 10.9 Å². The van der Waals surface area contributed by atoms with Crippen LogP contribution in [0, 0.1) is 18.3 Å². The Morgan fingerprint density at radius 3 is 2.46 bits per heavy atom. The van der Waals surface area contributed by atoms with Crippen LogP contribution in [0.25, 0.3) is 11.1 Å². The zero-order chi connectivity index (χ0) is 18.5. The molecule has 0 aliphatic heterocycles. The summed E-state index contributed by atoms with van der Waals surface area (Å²) in [5.41, 5.74) is 16.5. The maximum atomic E-state index is 9.18. The average molecular weight is 342 g/mol. The Balaban J connectivity index is 1.78. The van der Waals surface area contributed by atoms with Crippen molar-refractivity contribution in [1.29, 1.82) is 5.26 Å². The molecule has 0 atom stereocenters. The largest absolute Gasteiger partial charge is 0.399 e. The molecule has 0 unspecified atom stereocenters. The van der Waals surface area contributed by atoms with Crippen molar-refractivity contribution in [3.05, 3.63) is 71.9 Å². The molecule has 0 aliphatic rings. The molecule has 2 aromatic carbocycles. The molecule has 5 N–H and O–H groups in total. The van der Waals surface area contributed by atoms with Gasteiger partial charge in [0.05, 0.1) is 11.3 Å². The number of nitrogens with zero attached hydrogens (tertiary/aromatic N) is 3. The quantitative estimate of drug-likeness (QED) is 0.382. The predicted octanol–water partition coefficient (Wildman–Crippen LogP) is 3.57. The first-order valence-electron chi connectivity index (χ1n) is 7.99. The Labute approximate surface area is 151 Å². The van der Waals surface area contributed by atoms with Crippen molar-refractivity contribution in [2.45, 2.75) is 6.92 Å². The van der Waals surface area contributed by atoms with Gasteiger partial charge >= 0.3 is 0 Å². The van der Waals surface area contributed by atoms with Gasteiger partial charge in [-0.05, 0) is 54.4 Å². The van der Waals surface area contributed by atoms with E-state index in [4.69, 9.17) is 11.5 Å². The molecule has 0 amide bonds. The van der Waals surface area contributed by atoms with E-state index < -0.39 is 0 Å². The Kier molecular flexibility index (Phi) is 4.81. The third-order valence-electron chi connectivity index (χ3n) is 3.79. The van der Waals surface area contributed by atoms with Gasteiger partial charge in [-0.1, -0.05) is 18.2 Å². The van der Waals surface area contributed by atoms with Crippen LogP contribution >= 0.6 is 0 Å². The second-order valence-electron chi connectivity index (χ2n) is 5.81. The van der Waals surface area contributed by atoms with Crippen molar-refractivity contribution in [2.75, 3.05) is 11.1 Å². The van der Waals surface area contributed by atoms with E-state index in [1.165, 1.54) is 0 Å². The van der Waals surface area contributed by atoms with E-state index in [0.717, 1.165) is 22.4 Å². The molecule has 3 aromatic rings. The van der Waals surface area contributed by atoms with Gasteiger partial charge in [0.2, 0.25) is 0 Å². The molecule has 0 saturated heterocycles. The molecule has 0 saturated carbocycles. The van der Waals surface area contributed by atoms with E-state index in [0.29, 0.717) is 17.1 Å². The molecule has 26 heavy (non-hydrogen) atoms. The van der Waals surface area contributed by atoms with Crippen molar-refractivity contribution in [3.8, 4) is 17.2 Å². The fourth-order valence-corrected chi connectivity index (χ4v) is 2.45. The minimum atomic E-state index is 0.167. The van der Waals surface area contributed by atoms with Crippen LogP contribution < -0.4 is 16.8 Å². The van der Waals surface area contributed by atoms with Crippen molar-refractivity contribution in [3.63, 3.8) is 0 Å². The summed E-state index contributed by atoms with van der Waals surface area (Å²) >= 11 is 0. The third-order valence-corrected chi connectivity index (χ3v) is 3.79. The normalized spacial score (nSPS) is 11.0. The number of hydrogen-bond acceptors (Lipinski definition) is 4. The topological polar surface area (TPSA) is 113 Å². The Hall–Kier alpha value is -3.85. The highest BCUT2D eigenvalue weighted by Gasteiger charge is 2.04. The van der Waals surface area contributed by atoms with Gasteiger partial charge in [0.1, 0.15) is 6.07 Å². The molecule has 6 heteroatoms. The number of anilines is 2. The van der Waals surface area contributed by atoms with Crippen LogP contribution in [-0.2, 0) is 0 Å². The fourth-order valence-electron chi connectivity index (χ4n) is 2.45. The summed E-state index contributed by atoms with van der Waals surface area (Å²) < 4.78 is 0. The molecule has 6 nitrogen and oxygen atoms in total. The van der Waals surface area contributed by atoms with Crippen LogP contribution in [0.15, 0.2) is 65.8 Å². The number of nitriles is 1. The van der Waals surface area contributed by atoms with Crippen LogP contribution in [0.4, 0.5) is 17.2 Å². The SMILES string of the molecule is Cc1ccc(C#N)c(NC(N)=Nc2ccc(-c3ccc(N)cc3)cn2)c1. The number of nitrogens with two attached hydrogens (primary N) is 2. The number of aryl methyl sites for hydroxylation is 1. The van der Waals surface area contributed by atoms with Gasteiger partial charge in [0, 0.05) is 17.4 Å². The fraction of sp³-hybridized carbons (Fsp3) is 0.0500. The molecule has 128 valence electrons. The molecule has 3 rings (SSSR count). The second-order valence-corrected chi connectivity index (χ2v) is 5.81. The standard InChI is InChI=1S/C20H18N6/c1-13-2-3-15(11-21)18(10-13)25-20(23)26-19-9-6-16(12-24-19)14-4-7-17(22)8-5-14/h2-10,12H,22H2,1H3,(H3,23,24,25,26). The lowest BCUT2D eigenvalue weighted by Gasteiger charge is -2.08. The summed E-state index contributed by atoms with van der Waals surface area (Å²) in [7, 11) is 0. The number of rotatable bonds is 3. The highest BCUT2D eigenvalue weighted by Crippen LogP contribution is 2.22. The number of guanidine groups is 1. The molecule has 0 radical (unpaired) electrons. The maximum Gasteiger partial charge on any atom is 0.199 e. The first-order valence-corrected chi connectivity index (χ1v) is 7.99. The van der Waals surface area contributed by atoms with Gasteiger partial charge in [0.15, 0.2) is 11.8 Å². The van der Waals surface area contributed by atoms with Crippen molar-refractivity contribution >= 4 is 23.2 Å². The summed E-state index contributed by atoms with van der Waals surface area (Å²) in [6.07, 6.45) is 1.73. The number of pyridine rings is 1. The second kappa shape index (κ2) is 7.36. The van der Waals surface area contributed by atoms with Gasteiger partial charge in [0.25, 0.3) is 0 Å². The minimum absolute atomic E-state index is 0.167. The van der Waals surface area contributed by atoms with Gasteiger partial charge in [-0.2, -0.15) is 10.3 Å². The molecule has 0 aliphatic carbocycles. The number of aromatic nitrogens is 1. The Bertz CT molecular complexity index is 982. The maximum absolute atomic E-state index is 9.18. The molecule has 0 spiro atoms. The van der Waals surface area contributed by atoms with E-state index in [9.17, 15) is 5.26 Å². The van der Waals surface area contributed by atoms with Crippen molar-refractivity contribution < 1.29 is 0 Å². The minimum Gasteiger partial charge on any atom is -0.399 e. The number of aliphatic imine (C=N–C) groups is 1. The molecular weight excluding hydrogens is 324 g/mol. The highest BCUT2D eigenvalue weighted by molar-refractivity contribution is 5.95. The number of benzene rings is 2. The molecule has 0 fully saturated rings. The van der Waals surface area contributed by atoms with Gasteiger partial charge < -0.3 is 16.8 Å². The summed E-state index contributed by atoms with van der Waals surface area (Å²) in [4.78, 5) is 8.57. The summed E-state index contributed by atoms with van der Waals surface area (Å²) in [5.74, 6) is 0.639. The van der Waals surface area contributed by atoms with Crippen LogP contribution in [0.3, 0.4) is 0 Å². The van der Waals surface area contributed by atoms with Gasteiger partial charge in [-0.15, -0.1) is 0 Å². The number of nitrogens with one attached hydrogen (secondary N) is 1. The van der Waals surface area contributed by atoms with Crippen LogP contribution in [0.5, 0.6) is 0 Å². The van der Waals surface area contributed by atoms with E-state index in [2.05, 4.69) is 21.4 Å². The van der Waals surface area contributed by atoms with Crippen molar-refractivity contribution in [2.24, 2.45) is 10.7 Å². The monoisotopic (exact) mass is 342 g/mol. The van der Waals surface area contributed by atoms with E-state index in [1.807, 2.05) is 49.4 Å². The van der Waals surface area contributed by atoms with E-state index in [1.54, 1.807) is 18.3 Å². The lowest BCUT2D eigenvalue weighted by Crippen LogP contribution is -2.22. The van der Waals surface area contributed by atoms with Crippen LogP contribution in [0.1, 0.15) is 11.1 Å². The van der Waals surface area contributed by atoms with Crippen molar-refractivity contribution in [1.82, 2.24) is 4.98 Å². The molecule has 1 heterocycles. The summed E-state index contributed by atoms with van der Waals surface area (Å²) in [6.45, 7) is 1.94. The average Bonchev–Trinajstić information content (AvgIpc) is 2.63. The number of nitrogen functional groups attached to an aromatic ring is 1. The lowest BCUT2D eigenvalue weighted by molar-refractivity contribution is 1.26.